The Hall–Kier alpha value is -4.11. The van der Waals surface area contributed by atoms with Gasteiger partial charge in [0.25, 0.3) is 5.91 Å². The third-order valence-corrected chi connectivity index (χ3v) is 5.24. The van der Waals surface area contributed by atoms with Crippen LogP contribution in [0.15, 0.2) is 65.3 Å². The minimum absolute atomic E-state index is 0.0156. The van der Waals surface area contributed by atoms with Crippen molar-refractivity contribution in [3.05, 3.63) is 77.7 Å². The summed E-state index contributed by atoms with van der Waals surface area (Å²) in [6, 6.07) is 15.7. The molecule has 32 heavy (non-hydrogen) atoms. The number of aliphatic hydroxyl groups is 1. The zero-order valence-corrected chi connectivity index (χ0v) is 16.8. The molecule has 0 fully saturated rings. The molecule has 3 aromatic rings. The summed E-state index contributed by atoms with van der Waals surface area (Å²) in [5.74, 6) is -2.73. The fourth-order valence-corrected chi connectivity index (χ4v) is 3.74. The van der Waals surface area contributed by atoms with Crippen molar-refractivity contribution in [2.45, 2.75) is 12.0 Å². The number of hydrogen-bond acceptors (Lipinski definition) is 6. The molecule has 1 aromatic heterocycles. The van der Waals surface area contributed by atoms with Gasteiger partial charge in [0.15, 0.2) is 6.04 Å². The van der Waals surface area contributed by atoms with E-state index in [2.05, 4.69) is 10.6 Å². The summed E-state index contributed by atoms with van der Waals surface area (Å²) in [7, 11) is 0. The van der Waals surface area contributed by atoms with Gasteiger partial charge in [0, 0.05) is 12.0 Å². The smallest absolute Gasteiger partial charge is 0.411 e. The first-order chi connectivity index (χ1) is 15.5. The van der Waals surface area contributed by atoms with Crippen LogP contribution >= 0.6 is 0 Å². The Kier molecular flexibility index (Phi) is 5.91. The summed E-state index contributed by atoms with van der Waals surface area (Å²) in [4.78, 5) is 35.7. The maximum atomic E-state index is 12.4. The standard InChI is InChI=1S/C23H20N2O7/c26-11-19(22(28)29)24-21(27)20-18(9-10-31-20)25-23(30)32-12-17-15-7-3-1-5-13(15)14-6-2-4-8-16(14)17/h1-10,17,19,26H,11-12H2,(H,24,27)(H,25,30)(H,28,29). The molecule has 0 saturated carbocycles. The first kappa shape index (κ1) is 21.1. The van der Waals surface area contributed by atoms with Crippen LogP contribution in [0.4, 0.5) is 10.5 Å². The number of rotatable bonds is 7. The van der Waals surface area contributed by atoms with Crippen molar-refractivity contribution in [3.63, 3.8) is 0 Å². The summed E-state index contributed by atoms with van der Waals surface area (Å²) in [5, 5.41) is 22.6. The SMILES string of the molecule is O=C(Nc1ccoc1C(=O)NC(CO)C(=O)O)OCC1c2ccccc2-c2ccccc21. The molecule has 1 aliphatic rings. The Morgan fingerprint density at radius 3 is 2.22 bits per heavy atom. The molecule has 1 aliphatic carbocycles. The highest BCUT2D eigenvalue weighted by Crippen LogP contribution is 2.44. The molecule has 9 heteroatoms. The van der Waals surface area contributed by atoms with Gasteiger partial charge >= 0.3 is 12.1 Å². The zero-order chi connectivity index (χ0) is 22.7. The summed E-state index contributed by atoms with van der Waals surface area (Å²) < 4.78 is 10.5. The van der Waals surface area contributed by atoms with E-state index < -0.39 is 30.6 Å². The maximum Gasteiger partial charge on any atom is 0.411 e. The van der Waals surface area contributed by atoms with Crippen LogP contribution in [0.3, 0.4) is 0 Å². The first-order valence-electron chi connectivity index (χ1n) is 9.83. The maximum absolute atomic E-state index is 12.4. The van der Waals surface area contributed by atoms with Crippen LogP contribution in [0.25, 0.3) is 11.1 Å². The predicted octanol–water partition coefficient (Wildman–Crippen LogP) is 2.82. The van der Waals surface area contributed by atoms with E-state index in [0.29, 0.717) is 0 Å². The number of carboxylic acids is 1. The van der Waals surface area contributed by atoms with Gasteiger partial charge in [-0.15, -0.1) is 0 Å². The Balaban J connectivity index is 1.42. The van der Waals surface area contributed by atoms with Crippen molar-refractivity contribution in [1.82, 2.24) is 5.32 Å². The fraction of sp³-hybridized carbons (Fsp3) is 0.174. The van der Waals surface area contributed by atoms with Gasteiger partial charge in [-0.2, -0.15) is 0 Å². The lowest BCUT2D eigenvalue weighted by atomic mass is 9.98. The second-order valence-electron chi connectivity index (χ2n) is 7.16. The molecule has 0 saturated heterocycles. The molecule has 1 atom stereocenters. The molecule has 0 aliphatic heterocycles. The van der Waals surface area contributed by atoms with Gasteiger partial charge in [-0.3, -0.25) is 10.1 Å². The van der Waals surface area contributed by atoms with Gasteiger partial charge < -0.3 is 24.7 Å². The zero-order valence-electron chi connectivity index (χ0n) is 16.8. The second-order valence-corrected chi connectivity index (χ2v) is 7.16. The van der Waals surface area contributed by atoms with Gasteiger partial charge in [-0.25, -0.2) is 9.59 Å². The van der Waals surface area contributed by atoms with Gasteiger partial charge in [0.05, 0.1) is 18.6 Å². The molecular weight excluding hydrogens is 416 g/mol. The molecule has 0 bridgehead atoms. The third kappa shape index (κ3) is 4.06. The van der Waals surface area contributed by atoms with Crippen LogP contribution in [0.1, 0.15) is 27.6 Å². The molecule has 1 heterocycles. The molecule has 164 valence electrons. The average Bonchev–Trinajstić information content (AvgIpc) is 3.38. The van der Waals surface area contributed by atoms with E-state index in [1.807, 2.05) is 48.5 Å². The topological polar surface area (TPSA) is 138 Å². The largest absolute Gasteiger partial charge is 0.480 e. The monoisotopic (exact) mass is 436 g/mol. The molecule has 0 spiro atoms. The van der Waals surface area contributed by atoms with Crippen LogP contribution < -0.4 is 10.6 Å². The van der Waals surface area contributed by atoms with Gasteiger partial charge in [-0.05, 0) is 22.3 Å². The fourth-order valence-electron chi connectivity index (χ4n) is 3.74. The number of ether oxygens (including phenoxy) is 1. The molecule has 0 radical (unpaired) electrons. The van der Waals surface area contributed by atoms with E-state index in [4.69, 9.17) is 19.4 Å². The van der Waals surface area contributed by atoms with Crippen molar-refractivity contribution in [2.75, 3.05) is 18.5 Å². The molecule has 2 amide bonds. The highest BCUT2D eigenvalue weighted by Gasteiger charge is 2.29. The summed E-state index contributed by atoms with van der Waals surface area (Å²) >= 11 is 0. The number of nitrogens with one attached hydrogen (secondary N) is 2. The minimum atomic E-state index is -1.50. The number of benzene rings is 2. The number of anilines is 1. The summed E-state index contributed by atoms with van der Waals surface area (Å²) in [6.07, 6.45) is 0.377. The number of amides is 2. The van der Waals surface area contributed by atoms with E-state index in [1.54, 1.807) is 0 Å². The molecule has 1 unspecified atom stereocenters. The van der Waals surface area contributed by atoms with E-state index in [9.17, 15) is 14.4 Å². The van der Waals surface area contributed by atoms with Crippen molar-refractivity contribution in [3.8, 4) is 11.1 Å². The lowest BCUT2D eigenvalue weighted by Crippen LogP contribution is -2.43. The lowest BCUT2D eigenvalue weighted by molar-refractivity contribution is -0.140. The van der Waals surface area contributed by atoms with E-state index in [0.717, 1.165) is 22.3 Å². The van der Waals surface area contributed by atoms with E-state index in [-0.39, 0.29) is 24.0 Å². The Labute approximate surface area is 182 Å². The third-order valence-electron chi connectivity index (χ3n) is 5.24. The van der Waals surface area contributed by atoms with Crippen LogP contribution in [-0.4, -0.2) is 47.4 Å². The number of furan rings is 1. The lowest BCUT2D eigenvalue weighted by Gasteiger charge is -2.15. The Bertz CT molecular complexity index is 1120. The molecule has 4 rings (SSSR count). The average molecular weight is 436 g/mol. The number of aliphatic carboxylic acids is 1. The van der Waals surface area contributed by atoms with Gasteiger partial charge in [0.1, 0.15) is 6.61 Å². The van der Waals surface area contributed by atoms with Crippen LogP contribution in [0.5, 0.6) is 0 Å². The number of carbonyl (C=O) groups is 3. The van der Waals surface area contributed by atoms with Crippen molar-refractivity contribution in [2.24, 2.45) is 0 Å². The van der Waals surface area contributed by atoms with Crippen molar-refractivity contribution >= 4 is 23.7 Å². The molecule has 2 aromatic carbocycles. The quantitative estimate of drug-likeness (QED) is 0.447. The Morgan fingerprint density at radius 1 is 1.00 bits per heavy atom. The number of aliphatic hydroxyl groups excluding tert-OH is 1. The van der Waals surface area contributed by atoms with Gasteiger partial charge in [-0.1, -0.05) is 48.5 Å². The van der Waals surface area contributed by atoms with Crippen molar-refractivity contribution < 1.29 is 33.8 Å². The highest BCUT2D eigenvalue weighted by molar-refractivity contribution is 6.01. The number of carbonyl (C=O) groups excluding carboxylic acids is 2. The van der Waals surface area contributed by atoms with Crippen molar-refractivity contribution in [1.29, 1.82) is 0 Å². The normalized spacial score (nSPS) is 13.0. The van der Waals surface area contributed by atoms with E-state index >= 15 is 0 Å². The number of carboxylic acid groups (broad SMARTS) is 1. The first-order valence-corrected chi connectivity index (χ1v) is 9.83. The molecule has 4 N–H and O–H groups in total. The second kappa shape index (κ2) is 8.94. The minimum Gasteiger partial charge on any atom is -0.480 e. The molecular formula is C23H20N2O7. The van der Waals surface area contributed by atoms with Crippen LogP contribution in [-0.2, 0) is 9.53 Å². The van der Waals surface area contributed by atoms with Crippen LogP contribution in [0.2, 0.25) is 0 Å². The van der Waals surface area contributed by atoms with Crippen LogP contribution in [0, 0.1) is 0 Å². The van der Waals surface area contributed by atoms with Gasteiger partial charge in [0.2, 0.25) is 5.76 Å². The summed E-state index contributed by atoms with van der Waals surface area (Å²) in [5.41, 5.74) is 4.34. The molecule has 9 nitrogen and oxygen atoms in total. The number of hydrogen-bond donors (Lipinski definition) is 4. The number of fused-ring (bicyclic) bond motifs is 3. The van der Waals surface area contributed by atoms with E-state index in [1.165, 1.54) is 12.3 Å². The Morgan fingerprint density at radius 2 is 1.62 bits per heavy atom. The highest BCUT2D eigenvalue weighted by atomic mass is 16.5. The summed E-state index contributed by atoms with van der Waals surface area (Å²) in [6.45, 7) is -0.707. The predicted molar refractivity (Wildman–Crippen MR) is 113 cm³/mol.